The summed E-state index contributed by atoms with van der Waals surface area (Å²) in [7, 11) is 0. The van der Waals surface area contributed by atoms with Gasteiger partial charge in [-0.25, -0.2) is 4.79 Å². The number of likely N-dealkylation sites (tertiary alicyclic amines) is 1. The predicted molar refractivity (Wildman–Crippen MR) is 80.2 cm³/mol. The van der Waals surface area contributed by atoms with Crippen LogP contribution in [0.25, 0.3) is 0 Å². The molecule has 21 heavy (non-hydrogen) atoms. The number of hydrogen-bond acceptors (Lipinski definition) is 3. The molecule has 2 heterocycles. The van der Waals surface area contributed by atoms with E-state index in [0.29, 0.717) is 19.1 Å². The molecule has 5 heteroatoms. The minimum absolute atomic E-state index is 0.0210. The first-order valence-corrected chi connectivity index (χ1v) is 7.58. The van der Waals surface area contributed by atoms with Crippen LogP contribution in [-0.4, -0.2) is 43.5 Å². The van der Waals surface area contributed by atoms with E-state index in [1.165, 1.54) is 0 Å². The third kappa shape index (κ3) is 3.54. The summed E-state index contributed by atoms with van der Waals surface area (Å²) < 4.78 is 11.1. The lowest BCUT2D eigenvalue weighted by Gasteiger charge is -2.33. The van der Waals surface area contributed by atoms with Gasteiger partial charge in [0, 0.05) is 24.7 Å². The summed E-state index contributed by atoms with van der Waals surface area (Å²) in [6.45, 7) is 4.91. The molecule has 114 valence electrons. The monoisotopic (exact) mass is 290 g/mol. The Balaban J connectivity index is 1.50. The van der Waals surface area contributed by atoms with Gasteiger partial charge < -0.3 is 19.7 Å². The van der Waals surface area contributed by atoms with Crippen molar-refractivity contribution in [2.24, 2.45) is 5.92 Å². The Kier molecular flexibility index (Phi) is 4.41. The zero-order valence-corrected chi connectivity index (χ0v) is 12.4. The standard InChI is InChI=1S/C16H22N2O3/c1-12-3-2-4-14(11-12)17-16(19)18-7-5-13(6-8-18)15-20-9-10-21-15/h2-4,11,13,15H,5-10H2,1H3,(H,17,19). The van der Waals surface area contributed by atoms with Crippen molar-refractivity contribution in [3.63, 3.8) is 0 Å². The van der Waals surface area contributed by atoms with Crippen LogP contribution >= 0.6 is 0 Å². The van der Waals surface area contributed by atoms with Gasteiger partial charge in [-0.1, -0.05) is 12.1 Å². The van der Waals surface area contributed by atoms with E-state index in [2.05, 4.69) is 5.32 Å². The molecule has 5 nitrogen and oxygen atoms in total. The highest BCUT2D eigenvalue weighted by molar-refractivity contribution is 5.89. The van der Waals surface area contributed by atoms with Gasteiger partial charge in [-0.15, -0.1) is 0 Å². The number of rotatable bonds is 2. The summed E-state index contributed by atoms with van der Waals surface area (Å²) in [5, 5.41) is 2.96. The molecule has 0 atom stereocenters. The second kappa shape index (κ2) is 6.45. The number of carbonyl (C=O) groups excluding carboxylic acids is 1. The van der Waals surface area contributed by atoms with E-state index in [1.54, 1.807) is 0 Å². The van der Waals surface area contributed by atoms with Crippen molar-refractivity contribution < 1.29 is 14.3 Å². The van der Waals surface area contributed by atoms with Crippen LogP contribution < -0.4 is 5.32 Å². The summed E-state index contributed by atoms with van der Waals surface area (Å²) in [6.07, 6.45) is 1.81. The van der Waals surface area contributed by atoms with Crippen LogP contribution in [0.2, 0.25) is 0 Å². The second-order valence-corrected chi connectivity index (χ2v) is 5.73. The number of hydrogen-bond donors (Lipinski definition) is 1. The molecule has 0 aromatic heterocycles. The lowest BCUT2D eigenvalue weighted by atomic mass is 9.96. The molecule has 0 unspecified atom stereocenters. The number of benzene rings is 1. The first kappa shape index (κ1) is 14.4. The van der Waals surface area contributed by atoms with E-state index >= 15 is 0 Å². The Hall–Kier alpha value is -1.59. The Morgan fingerprint density at radius 2 is 1.95 bits per heavy atom. The fourth-order valence-electron chi connectivity index (χ4n) is 2.95. The Morgan fingerprint density at radius 3 is 2.62 bits per heavy atom. The van der Waals surface area contributed by atoms with Gasteiger partial charge >= 0.3 is 6.03 Å². The minimum atomic E-state index is -0.0630. The van der Waals surface area contributed by atoms with Gasteiger partial charge in [0.1, 0.15) is 0 Å². The maximum absolute atomic E-state index is 12.3. The topological polar surface area (TPSA) is 50.8 Å². The number of urea groups is 1. The van der Waals surface area contributed by atoms with Gasteiger partial charge in [-0.2, -0.15) is 0 Å². The number of ether oxygens (including phenoxy) is 2. The Morgan fingerprint density at radius 1 is 1.24 bits per heavy atom. The third-order valence-electron chi connectivity index (χ3n) is 4.13. The van der Waals surface area contributed by atoms with Crippen LogP contribution in [0.4, 0.5) is 10.5 Å². The molecule has 3 rings (SSSR count). The van der Waals surface area contributed by atoms with Gasteiger partial charge in [0.2, 0.25) is 0 Å². The first-order valence-electron chi connectivity index (χ1n) is 7.58. The van der Waals surface area contributed by atoms with Gasteiger partial charge in [0.15, 0.2) is 6.29 Å². The first-order chi connectivity index (χ1) is 10.2. The van der Waals surface area contributed by atoms with E-state index in [-0.39, 0.29) is 12.3 Å². The number of nitrogens with one attached hydrogen (secondary N) is 1. The van der Waals surface area contributed by atoms with Gasteiger partial charge in [-0.3, -0.25) is 0 Å². The summed E-state index contributed by atoms with van der Waals surface area (Å²) in [5.41, 5.74) is 1.99. The molecule has 2 aliphatic heterocycles. The Labute approximate surface area is 125 Å². The minimum Gasteiger partial charge on any atom is -0.350 e. The molecule has 2 aliphatic rings. The number of aryl methyl sites for hydroxylation is 1. The summed E-state index contributed by atoms with van der Waals surface area (Å²) in [5.74, 6) is 0.413. The van der Waals surface area contributed by atoms with Crippen molar-refractivity contribution in [1.82, 2.24) is 4.90 Å². The molecule has 1 aromatic rings. The van der Waals surface area contributed by atoms with Crippen molar-refractivity contribution in [2.45, 2.75) is 26.1 Å². The number of anilines is 1. The Bertz CT molecular complexity index is 492. The second-order valence-electron chi connectivity index (χ2n) is 5.73. The molecule has 1 aromatic carbocycles. The van der Waals surface area contributed by atoms with E-state index in [4.69, 9.17) is 9.47 Å². The summed E-state index contributed by atoms with van der Waals surface area (Å²) in [6, 6.07) is 7.84. The van der Waals surface area contributed by atoms with Crippen LogP contribution in [0.3, 0.4) is 0 Å². The average Bonchev–Trinajstić information content (AvgIpc) is 3.01. The smallest absolute Gasteiger partial charge is 0.321 e. The molecule has 0 radical (unpaired) electrons. The molecule has 0 aliphatic carbocycles. The fraction of sp³-hybridized carbons (Fsp3) is 0.562. The molecular formula is C16H22N2O3. The van der Waals surface area contributed by atoms with Crippen molar-refractivity contribution in [3.8, 4) is 0 Å². The molecule has 2 fully saturated rings. The highest BCUT2D eigenvalue weighted by Gasteiger charge is 2.31. The molecule has 0 bridgehead atoms. The van der Waals surface area contributed by atoms with Crippen LogP contribution in [-0.2, 0) is 9.47 Å². The summed E-state index contributed by atoms with van der Waals surface area (Å²) >= 11 is 0. The molecule has 2 amide bonds. The zero-order valence-electron chi connectivity index (χ0n) is 12.4. The SMILES string of the molecule is Cc1cccc(NC(=O)N2CCC(C3OCCO3)CC2)c1. The lowest BCUT2D eigenvalue weighted by molar-refractivity contribution is -0.0950. The maximum atomic E-state index is 12.3. The van der Waals surface area contributed by atoms with Gasteiger partial charge in [0.05, 0.1) is 13.2 Å². The lowest BCUT2D eigenvalue weighted by Crippen LogP contribution is -2.43. The average molecular weight is 290 g/mol. The van der Waals surface area contributed by atoms with Crippen LogP contribution in [0, 0.1) is 12.8 Å². The molecule has 0 spiro atoms. The third-order valence-corrected chi connectivity index (χ3v) is 4.13. The number of nitrogens with zero attached hydrogens (tertiary/aromatic N) is 1. The van der Waals surface area contributed by atoms with Crippen molar-refractivity contribution in [3.05, 3.63) is 29.8 Å². The highest BCUT2D eigenvalue weighted by Crippen LogP contribution is 2.26. The van der Waals surface area contributed by atoms with E-state index in [0.717, 1.165) is 37.2 Å². The van der Waals surface area contributed by atoms with Gasteiger partial charge in [0.25, 0.3) is 0 Å². The van der Waals surface area contributed by atoms with Crippen molar-refractivity contribution in [1.29, 1.82) is 0 Å². The molecule has 0 saturated carbocycles. The number of piperidine rings is 1. The summed E-state index contributed by atoms with van der Waals surface area (Å²) in [4.78, 5) is 14.1. The van der Waals surface area contributed by atoms with E-state index in [9.17, 15) is 4.79 Å². The molecule has 1 N–H and O–H groups in total. The van der Waals surface area contributed by atoms with Gasteiger partial charge in [-0.05, 0) is 37.5 Å². The largest absolute Gasteiger partial charge is 0.350 e. The van der Waals surface area contributed by atoms with Crippen molar-refractivity contribution >= 4 is 11.7 Å². The number of amides is 2. The zero-order chi connectivity index (χ0) is 14.7. The van der Waals surface area contributed by atoms with Crippen LogP contribution in [0.15, 0.2) is 24.3 Å². The molecular weight excluding hydrogens is 268 g/mol. The normalized spacial score (nSPS) is 20.7. The van der Waals surface area contributed by atoms with Crippen LogP contribution in [0.5, 0.6) is 0 Å². The maximum Gasteiger partial charge on any atom is 0.321 e. The molecule has 2 saturated heterocycles. The van der Waals surface area contributed by atoms with E-state index in [1.807, 2.05) is 36.1 Å². The number of carbonyl (C=O) groups is 1. The van der Waals surface area contributed by atoms with Crippen LogP contribution in [0.1, 0.15) is 18.4 Å². The fourth-order valence-corrected chi connectivity index (χ4v) is 2.95. The highest BCUT2D eigenvalue weighted by atomic mass is 16.7. The van der Waals surface area contributed by atoms with E-state index < -0.39 is 0 Å². The van der Waals surface area contributed by atoms with Crippen molar-refractivity contribution in [2.75, 3.05) is 31.6 Å². The quantitative estimate of drug-likeness (QED) is 0.911. The predicted octanol–water partition coefficient (Wildman–Crippen LogP) is 2.61.